The lowest BCUT2D eigenvalue weighted by molar-refractivity contribution is -0.121. The van der Waals surface area contributed by atoms with Crippen LogP contribution in [0.15, 0.2) is 60.7 Å². The Labute approximate surface area is 235 Å². The van der Waals surface area contributed by atoms with Crippen molar-refractivity contribution >= 4 is 11.8 Å². The van der Waals surface area contributed by atoms with Crippen LogP contribution in [0.25, 0.3) is 11.4 Å². The van der Waals surface area contributed by atoms with Gasteiger partial charge in [-0.2, -0.15) is 0 Å². The van der Waals surface area contributed by atoms with Crippen LogP contribution in [0.1, 0.15) is 39.6 Å². The van der Waals surface area contributed by atoms with Crippen LogP contribution in [-0.2, 0) is 11.2 Å². The number of benzene rings is 3. The predicted molar refractivity (Wildman–Crippen MR) is 149 cm³/mol. The fourth-order valence-electron chi connectivity index (χ4n) is 5.47. The molecule has 0 spiro atoms. The molecule has 1 saturated heterocycles. The Hall–Kier alpha value is -4.86. The molecule has 2 amide bonds. The lowest BCUT2D eigenvalue weighted by Gasteiger charge is -2.21. The molecule has 2 aliphatic rings. The molecule has 2 aliphatic heterocycles. The molecule has 1 aromatic heterocycles. The first kappa shape index (κ1) is 26.4. The second-order valence-corrected chi connectivity index (χ2v) is 10.4. The highest BCUT2D eigenvalue weighted by Crippen LogP contribution is 2.40. The number of hydrogen-bond donors (Lipinski definition) is 3. The van der Waals surface area contributed by atoms with Gasteiger partial charge in [0.05, 0.1) is 13.2 Å². The van der Waals surface area contributed by atoms with Crippen molar-refractivity contribution in [1.29, 1.82) is 0 Å². The average molecular weight is 557 g/mol. The molecule has 4 aromatic rings. The molecule has 0 saturated carbocycles. The Kier molecular flexibility index (Phi) is 6.82. The maximum atomic E-state index is 13.7. The smallest absolute Gasteiger partial charge is 0.274 e. The summed E-state index contributed by atoms with van der Waals surface area (Å²) in [6.07, 6.45) is 0.692. The number of ether oxygens (including phenoxy) is 2. The number of aromatic hydroxyl groups is 1. The number of carbonyl (C=O) groups excluding carboxylic acids is 2. The molecular weight excluding hydrogens is 527 g/mol. The van der Waals surface area contributed by atoms with E-state index < -0.39 is 0 Å². The molecule has 3 N–H and O–H groups in total. The number of likely N-dealkylation sites (tertiary alicyclic amines) is 1. The normalized spacial score (nSPS) is 18.3. The third-order valence-corrected chi connectivity index (χ3v) is 7.66. The van der Waals surface area contributed by atoms with Crippen molar-refractivity contribution in [2.45, 2.75) is 31.7 Å². The van der Waals surface area contributed by atoms with Gasteiger partial charge in [-0.1, -0.05) is 12.1 Å². The molecule has 0 aliphatic carbocycles. The van der Waals surface area contributed by atoms with Crippen molar-refractivity contribution in [2.24, 2.45) is 0 Å². The number of hydrogen-bond acceptors (Lipinski definition) is 6. The molecule has 3 heterocycles. The Balaban J connectivity index is 1.33. The second-order valence-electron chi connectivity index (χ2n) is 10.4. The number of aryl methyl sites for hydroxylation is 2. The zero-order valence-corrected chi connectivity index (χ0v) is 22.6. The standard InChI is InChI=1S/C31H29FN4O5/c1-17-29(35-30(33-17)19-5-8-21(32)9-6-19)31(39)36-15-22-20-7-11-25(40-2)27(14-20)41-26-13-18(3-10-24(26)37)4-12-28(38)34-23(22)16-36/h3,5-11,13-14,22-23,37H,4,12,15-16H2,1-2H3,(H,33,35)(H,34,38)/t22-,23+/m0/s1. The quantitative estimate of drug-likeness (QED) is 0.337. The van der Waals surface area contributed by atoms with E-state index in [1.54, 1.807) is 48.2 Å². The van der Waals surface area contributed by atoms with E-state index in [1.807, 2.05) is 12.1 Å². The number of H-pyrrole nitrogens is 1. The summed E-state index contributed by atoms with van der Waals surface area (Å²) in [7, 11) is 1.54. The molecule has 1 fully saturated rings. The van der Waals surface area contributed by atoms with Crippen LogP contribution >= 0.6 is 0 Å². The third-order valence-electron chi connectivity index (χ3n) is 7.66. The van der Waals surface area contributed by atoms with Crippen molar-refractivity contribution in [3.8, 4) is 34.4 Å². The Morgan fingerprint density at radius 1 is 1.07 bits per heavy atom. The molecule has 41 heavy (non-hydrogen) atoms. The summed E-state index contributed by atoms with van der Waals surface area (Å²) in [5.41, 5.74) is 3.23. The first-order valence-corrected chi connectivity index (χ1v) is 13.4. The lowest BCUT2D eigenvalue weighted by atomic mass is 9.93. The van der Waals surface area contributed by atoms with E-state index in [-0.39, 0.29) is 53.2 Å². The van der Waals surface area contributed by atoms with Crippen molar-refractivity contribution in [2.75, 3.05) is 20.2 Å². The molecule has 2 atom stereocenters. The van der Waals surface area contributed by atoms with Gasteiger partial charge in [0, 0.05) is 36.7 Å². The average Bonchev–Trinajstić information content (AvgIpc) is 3.56. The molecular formula is C31H29FN4O5. The molecule has 0 radical (unpaired) electrons. The van der Waals surface area contributed by atoms with Gasteiger partial charge in [-0.25, -0.2) is 9.37 Å². The number of methoxy groups -OCH3 is 1. The van der Waals surface area contributed by atoms with Crippen molar-refractivity contribution < 1.29 is 28.6 Å². The number of fused-ring (bicyclic) bond motifs is 6. The van der Waals surface area contributed by atoms with E-state index in [0.717, 1.165) is 11.1 Å². The van der Waals surface area contributed by atoms with Gasteiger partial charge in [0.2, 0.25) is 5.91 Å². The molecule has 0 unspecified atom stereocenters. The number of carbonyl (C=O) groups is 2. The van der Waals surface area contributed by atoms with E-state index in [2.05, 4.69) is 15.3 Å². The SMILES string of the molecule is COc1ccc2cc1Oc1cc(ccc1O)CCC(=O)N[C@@H]1CN(C(=O)c3nc(-c4ccc(F)cc4)[nH]c3C)C[C@@H]21. The maximum absolute atomic E-state index is 13.7. The third kappa shape index (κ3) is 5.20. The van der Waals surface area contributed by atoms with E-state index in [4.69, 9.17) is 9.47 Å². The lowest BCUT2D eigenvalue weighted by Crippen LogP contribution is -2.40. The van der Waals surface area contributed by atoms with Gasteiger partial charge in [-0.15, -0.1) is 0 Å². The zero-order valence-electron chi connectivity index (χ0n) is 22.6. The Morgan fingerprint density at radius 2 is 1.88 bits per heavy atom. The molecule has 6 rings (SSSR count). The highest BCUT2D eigenvalue weighted by Gasteiger charge is 2.39. The number of aromatic nitrogens is 2. The van der Waals surface area contributed by atoms with Crippen LogP contribution in [-0.4, -0.2) is 58.0 Å². The minimum Gasteiger partial charge on any atom is -0.504 e. The van der Waals surface area contributed by atoms with Crippen molar-refractivity contribution in [3.63, 3.8) is 0 Å². The van der Waals surface area contributed by atoms with Gasteiger partial charge in [0.25, 0.3) is 5.91 Å². The maximum Gasteiger partial charge on any atom is 0.274 e. The fourth-order valence-corrected chi connectivity index (χ4v) is 5.47. The number of amides is 2. The van der Waals surface area contributed by atoms with E-state index in [9.17, 15) is 19.1 Å². The number of phenolic OH excluding ortho intramolecular Hbond substituents is 1. The topological polar surface area (TPSA) is 117 Å². The molecule has 10 heteroatoms. The molecule has 4 bridgehead atoms. The summed E-state index contributed by atoms with van der Waals surface area (Å²) >= 11 is 0. The largest absolute Gasteiger partial charge is 0.504 e. The van der Waals surface area contributed by atoms with Gasteiger partial charge in [-0.3, -0.25) is 9.59 Å². The van der Waals surface area contributed by atoms with Crippen LogP contribution in [0.3, 0.4) is 0 Å². The second kappa shape index (κ2) is 10.6. The van der Waals surface area contributed by atoms with E-state index in [1.165, 1.54) is 19.2 Å². The van der Waals surface area contributed by atoms with Gasteiger partial charge >= 0.3 is 0 Å². The minimum absolute atomic E-state index is 0.0228. The summed E-state index contributed by atoms with van der Waals surface area (Å²) in [5.74, 6) is 0.640. The van der Waals surface area contributed by atoms with E-state index >= 15 is 0 Å². The van der Waals surface area contributed by atoms with Crippen molar-refractivity contribution in [1.82, 2.24) is 20.2 Å². The van der Waals surface area contributed by atoms with Crippen molar-refractivity contribution in [3.05, 3.63) is 89.0 Å². The van der Waals surface area contributed by atoms with Gasteiger partial charge in [0.15, 0.2) is 23.0 Å². The number of halogens is 1. The molecule has 210 valence electrons. The Bertz CT molecular complexity index is 1630. The Morgan fingerprint density at radius 3 is 2.66 bits per heavy atom. The fraction of sp³-hybridized carbons (Fsp3) is 0.258. The van der Waals surface area contributed by atoms with Gasteiger partial charge in [-0.05, 0) is 73.0 Å². The van der Waals surface area contributed by atoms with Crippen LogP contribution in [0.5, 0.6) is 23.0 Å². The minimum atomic E-state index is -0.354. The zero-order chi connectivity index (χ0) is 28.7. The van der Waals surface area contributed by atoms with Crippen LogP contribution < -0.4 is 14.8 Å². The summed E-state index contributed by atoms with van der Waals surface area (Å²) in [6, 6.07) is 16.1. The summed E-state index contributed by atoms with van der Waals surface area (Å²) < 4.78 is 25.0. The first-order chi connectivity index (χ1) is 19.8. The molecule has 9 nitrogen and oxygen atoms in total. The highest BCUT2D eigenvalue weighted by atomic mass is 19.1. The molecule has 3 aromatic carbocycles. The predicted octanol–water partition coefficient (Wildman–Crippen LogP) is 4.70. The summed E-state index contributed by atoms with van der Waals surface area (Å²) in [6.45, 7) is 2.41. The van der Waals surface area contributed by atoms with Gasteiger partial charge < -0.3 is 29.8 Å². The number of rotatable bonds is 3. The number of aromatic amines is 1. The number of imidazole rings is 1. The first-order valence-electron chi connectivity index (χ1n) is 13.4. The van der Waals surface area contributed by atoms with Crippen LogP contribution in [0.2, 0.25) is 0 Å². The van der Waals surface area contributed by atoms with Crippen LogP contribution in [0.4, 0.5) is 4.39 Å². The highest BCUT2D eigenvalue weighted by molar-refractivity contribution is 5.94. The summed E-state index contributed by atoms with van der Waals surface area (Å²) in [4.78, 5) is 36.1. The van der Waals surface area contributed by atoms with Crippen LogP contribution in [0, 0.1) is 12.7 Å². The number of phenols is 1. The number of nitrogens with zero attached hydrogens (tertiary/aromatic N) is 2. The van der Waals surface area contributed by atoms with Gasteiger partial charge in [0.1, 0.15) is 17.3 Å². The monoisotopic (exact) mass is 556 g/mol. The number of nitrogens with one attached hydrogen (secondary N) is 2. The van der Waals surface area contributed by atoms with E-state index in [0.29, 0.717) is 48.1 Å². The summed E-state index contributed by atoms with van der Waals surface area (Å²) in [5, 5.41) is 13.6.